The molecule has 0 aliphatic rings. The summed E-state index contributed by atoms with van der Waals surface area (Å²) in [5.74, 6) is -0.495. The van der Waals surface area contributed by atoms with Gasteiger partial charge in [-0.05, 0) is 45.3 Å². The molecule has 4 N–H and O–H groups in total. The van der Waals surface area contributed by atoms with Crippen molar-refractivity contribution in [3.8, 4) is 0 Å². The van der Waals surface area contributed by atoms with Crippen LogP contribution in [-0.4, -0.2) is 37.9 Å². The lowest BCUT2D eigenvalue weighted by molar-refractivity contribution is 0.405. The van der Waals surface area contributed by atoms with Crippen molar-refractivity contribution < 1.29 is 4.39 Å². The van der Waals surface area contributed by atoms with Crippen LogP contribution in [0.3, 0.4) is 0 Å². The molecular formula is C12H20ClFN4. The molecule has 1 rings (SSSR count). The molecule has 0 fully saturated rings. The zero-order valence-electron chi connectivity index (χ0n) is 10.7. The van der Waals surface area contributed by atoms with E-state index in [1.165, 1.54) is 6.07 Å². The van der Waals surface area contributed by atoms with Crippen LogP contribution in [-0.2, 0) is 0 Å². The van der Waals surface area contributed by atoms with E-state index in [0.29, 0.717) is 17.8 Å². The van der Waals surface area contributed by atoms with Gasteiger partial charge in [-0.3, -0.25) is 5.41 Å². The largest absolute Gasteiger partial charge is 0.384 e. The van der Waals surface area contributed by atoms with Crippen molar-refractivity contribution in [2.24, 2.45) is 5.73 Å². The fraction of sp³-hybridized carbons (Fsp3) is 0.417. The molecule has 0 amide bonds. The third-order valence-electron chi connectivity index (χ3n) is 2.38. The van der Waals surface area contributed by atoms with E-state index >= 15 is 0 Å². The zero-order valence-corrected chi connectivity index (χ0v) is 11.5. The number of nitrogen functional groups attached to an aromatic ring is 1. The van der Waals surface area contributed by atoms with Crippen LogP contribution in [0, 0.1) is 11.2 Å². The molecule has 0 aliphatic heterocycles. The summed E-state index contributed by atoms with van der Waals surface area (Å²) in [5, 5.41) is 10.2. The third-order valence-corrected chi connectivity index (χ3v) is 2.38. The Kier molecular flexibility index (Phi) is 7.31. The molecule has 0 unspecified atom stereocenters. The van der Waals surface area contributed by atoms with Crippen LogP contribution in [0.1, 0.15) is 12.0 Å². The first-order chi connectivity index (χ1) is 8.00. The maximum atomic E-state index is 13.6. The summed E-state index contributed by atoms with van der Waals surface area (Å²) >= 11 is 0. The molecule has 1 aromatic rings. The molecule has 0 saturated heterocycles. The summed E-state index contributed by atoms with van der Waals surface area (Å²) in [6.07, 6.45) is 0.945. The number of nitrogens with zero attached hydrogens (tertiary/aromatic N) is 1. The van der Waals surface area contributed by atoms with Crippen molar-refractivity contribution in [2.45, 2.75) is 6.42 Å². The SMILES string of the molecule is CN(C)CCCNc1ccc(C(=N)N)cc1F.Cl. The average molecular weight is 275 g/mol. The minimum absolute atomic E-state index is 0. The number of hydrogen-bond donors (Lipinski definition) is 3. The maximum Gasteiger partial charge on any atom is 0.147 e. The van der Waals surface area contributed by atoms with E-state index < -0.39 is 0 Å². The molecule has 0 heterocycles. The van der Waals surface area contributed by atoms with Gasteiger partial charge in [0.2, 0.25) is 0 Å². The molecule has 0 atom stereocenters. The topological polar surface area (TPSA) is 65.1 Å². The predicted octanol–water partition coefficient (Wildman–Crippen LogP) is 1.90. The maximum absolute atomic E-state index is 13.6. The highest BCUT2D eigenvalue weighted by atomic mass is 35.5. The van der Waals surface area contributed by atoms with Crippen LogP contribution in [0.15, 0.2) is 18.2 Å². The van der Waals surface area contributed by atoms with Gasteiger partial charge in [-0.15, -0.1) is 12.4 Å². The van der Waals surface area contributed by atoms with Crippen molar-refractivity contribution in [2.75, 3.05) is 32.5 Å². The minimum Gasteiger partial charge on any atom is -0.384 e. The summed E-state index contributed by atoms with van der Waals surface area (Å²) in [7, 11) is 4.00. The summed E-state index contributed by atoms with van der Waals surface area (Å²) < 4.78 is 13.6. The monoisotopic (exact) mass is 274 g/mol. The number of hydrogen-bond acceptors (Lipinski definition) is 3. The first kappa shape index (κ1) is 16.7. The van der Waals surface area contributed by atoms with Gasteiger partial charge in [0.05, 0.1) is 5.69 Å². The van der Waals surface area contributed by atoms with Gasteiger partial charge in [0.25, 0.3) is 0 Å². The van der Waals surface area contributed by atoms with Crippen LogP contribution >= 0.6 is 12.4 Å². The molecule has 18 heavy (non-hydrogen) atoms. The Morgan fingerprint density at radius 1 is 1.44 bits per heavy atom. The van der Waals surface area contributed by atoms with Gasteiger partial charge >= 0.3 is 0 Å². The standard InChI is InChI=1S/C12H19FN4.ClH/c1-17(2)7-3-6-16-11-5-4-9(12(14)15)8-10(11)13;/h4-5,8,16H,3,6-7H2,1-2H3,(H3,14,15);1H. The van der Waals surface area contributed by atoms with E-state index in [0.717, 1.165) is 13.0 Å². The number of benzene rings is 1. The van der Waals surface area contributed by atoms with Gasteiger partial charge in [-0.25, -0.2) is 4.39 Å². The van der Waals surface area contributed by atoms with E-state index in [9.17, 15) is 4.39 Å². The van der Waals surface area contributed by atoms with Crippen molar-refractivity contribution in [1.29, 1.82) is 5.41 Å². The van der Waals surface area contributed by atoms with Crippen LogP contribution in [0.2, 0.25) is 0 Å². The summed E-state index contributed by atoms with van der Waals surface area (Å²) in [5.41, 5.74) is 6.13. The van der Waals surface area contributed by atoms with Gasteiger partial charge in [-0.1, -0.05) is 0 Å². The molecule has 0 aromatic heterocycles. The molecule has 102 valence electrons. The lowest BCUT2D eigenvalue weighted by Crippen LogP contribution is -2.17. The quantitative estimate of drug-likeness (QED) is 0.422. The van der Waals surface area contributed by atoms with Crippen LogP contribution in [0.4, 0.5) is 10.1 Å². The average Bonchev–Trinajstić information content (AvgIpc) is 2.25. The molecule has 0 aliphatic carbocycles. The highest BCUT2D eigenvalue weighted by Crippen LogP contribution is 2.15. The third kappa shape index (κ3) is 5.33. The lowest BCUT2D eigenvalue weighted by atomic mass is 10.2. The van der Waals surface area contributed by atoms with Gasteiger partial charge < -0.3 is 16.0 Å². The van der Waals surface area contributed by atoms with E-state index in [-0.39, 0.29) is 24.1 Å². The van der Waals surface area contributed by atoms with Gasteiger partial charge in [-0.2, -0.15) is 0 Å². The Bertz CT molecular complexity index is 396. The van der Waals surface area contributed by atoms with E-state index in [4.69, 9.17) is 11.1 Å². The number of rotatable bonds is 6. The molecule has 6 heteroatoms. The molecule has 4 nitrogen and oxygen atoms in total. The van der Waals surface area contributed by atoms with Crippen molar-refractivity contribution >= 4 is 23.9 Å². The lowest BCUT2D eigenvalue weighted by Gasteiger charge is -2.11. The van der Waals surface area contributed by atoms with Crippen molar-refractivity contribution in [3.63, 3.8) is 0 Å². The van der Waals surface area contributed by atoms with E-state index in [1.807, 2.05) is 14.1 Å². The second-order valence-electron chi connectivity index (χ2n) is 4.19. The number of nitrogens with one attached hydrogen (secondary N) is 2. The van der Waals surface area contributed by atoms with Gasteiger partial charge in [0.1, 0.15) is 11.7 Å². The predicted molar refractivity (Wildman–Crippen MR) is 76.3 cm³/mol. The number of amidine groups is 1. The number of anilines is 1. The second-order valence-corrected chi connectivity index (χ2v) is 4.19. The van der Waals surface area contributed by atoms with Crippen molar-refractivity contribution in [3.05, 3.63) is 29.6 Å². The van der Waals surface area contributed by atoms with Crippen LogP contribution in [0.25, 0.3) is 0 Å². The molecule has 0 spiro atoms. The number of nitrogens with two attached hydrogens (primary N) is 1. The highest BCUT2D eigenvalue weighted by molar-refractivity contribution is 5.95. The molecule has 0 bridgehead atoms. The Labute approximate surface area is 113 Å². The fourth-order valence-corrected chi connectivity index (χ4v) is 1.44. The van der Waals surface area contributed by atoms with Gasteiger partial charge in [0.15, 0.2) is 0 Å². The molecular weight excluding hydrogens is 255 g/mol. The Morgan fingerprint density at radius 3 is 2.61 bits per heavy atom. The van der Waals surface area contributed by atoms with Crippen molar-refractivity contribution in [1.82, 2.24) is 4.90 Å². The summed E-state index contributed by atoms with van der Waals surface area (Å²) in [6, 6.07) is 4.53. The highest BCUT2D eigenvalue weighted by Gasteiger charge is 2.04. The minimum atomic E-state index is -0.373. The first-order valence-corrected chi connectivity index (χ1v) is 5.53. The van der Waals surface area contributed by atoms with Gasteiger partial charge in [0, 0.05) is 12.1 Å². The van der Waals surface area contributed by atoms with E-state index in [1.54, 1.807) is 12.1 Å². The Morgan fingerprint density at radius 2 is 2.11 bits per heavy atom. The normalized spacial score (nSPS) is 10.0. The summed E-state index contributed by atoms with van der Waals surface area (Å²) in [4.78, 5) is 2.08. The zero-order chi connectivity index (χ0) is 12.8. The smallest absolute Gasteiger partial charge is 0.147 e. The first-order valence-electron chi connectivity index (χ1n) is 5.53. The van der Waals surface area contributed by atoms with E-state index in [2.05, 4.69) is 10.2 Å². The molecule has 0 saturated carbocycles. The second kappa shape index (κ2) is 7.89. The van der Waals surface area contributed by atoms with Crippen LogP contribution in [0.5, 0.6) is 0 Å². The van der Waals surface area contributed by atoms with Crippen LogP contribution < -0.4 is 11.1 Å². The fourth-order valence-electron chi connectivity index (χ4n) is 1.44. The Hall–Kier alpha value is -1.33. The Balaban J connectivity index is 0.00000289. The molecule has 1 aromatic carbocycles. The number of halogens is 2. The summed E-state index contributed by atoms with van der Waals surface area (Å²) in [6.45, 7) is 1.68. The molecule has 0 radical (unpaired) electrons.